The second-order valence-corrected chi connectivity index (χ2v) is 7.73. The quantitative estimate of drug-likeness (QED) is 0.689. The second kappa shape index (κ2) is 9.65. The maximum atomic E-state index is 6.29. The first-order valence-corrected chi connectivity index (χ1v) is 10.1. The van der Waals surface area contributed by atoms with Crippen molar-refractivity contribution in [2.24, 2.45) is 0 Å². The van der Waals surface area contributed by atoms with Gasteiger partial charge in [-0.1, -0.05) is 29.3 Å². The zero-order valence-electron chi connectivity index (χ0n) is 15.9. The number of halogens is 2. The number of nitrogens with zero attached hydrogens (tertiary/aromatic N) is 2. The summed E-state index contributed by atoms with van der Waals surface area (Å²) in [4.78, 5) is 4.54. The number of methoxy groups -OCH3 is 2. The highest BCUT2D eigenvalue weighted by Gasteiger charge is 2.20. The van der Waals surface area contributed by atoms with Crippen molar-refractivity contribution >= 4 is 46.2 Å². The van der Waals surface area contributed by atoms with Gasteiger partial charge in [0.2, 0.25) is 0 Å². The lowest BCUT2D eigenvalue weighted by Crippen LogP contribution is -2.49. The summed E-state index contributed by atoms with van der Waals surface area (Å²) in [6, 6.07) is 11.3. The summed E-state index contributed by atoms with van der Waals surface area (Å²) in [5.74, 6) is 1.36. The third-order valence-corrected chi connectivity index (χ3v) is 5.65. The van der Waals surface area contributed by atoms with Crippen LogP contribution in [0.1, 0.15) is 5.56 Å². The first-order valence-electron chi connectivity index (χ1n) is 8.94. The fraction of sp³-hybridized carbons (Fsp3) is 0.350. The van der Waals surface area contributed by atoms with Crippen LogP contribution < -0.4 is 14.8 Å². The highest BCUT2D eigenvalue weighted by molar-refractivity contribution is 7.80. The summed E-state index contributed by atoms with van der Waals surface area (Å²) >= 11 is 17.9. The van der Waals surface area contributed by atoms with Crippen LogP contribution in [0.5, 0.6) is 11.5 Å². The molecule has 150 valence electrons. The lowest BCUT2D eigenvalue weighted by Gasteiger charge is -2.36. The van der Waals surface area contributed by atoms with E-state index >= 15 is 0 Å². The Balaban J connectivity index is 1.53. The number of piperazine rings is 1. The lowest BCUT2D eigenvalue weighted by molar-refractivity contribution is 0.177. The van der Waals surface area contributed by atoms with Gasteiger partial charge in [-0.2, -0.15) is 0 Å². The summed E-state index contributed by atoms with van der Waals surface area (Å²) in [6.07, 6.45) is 0. The molecule has 0 atom stereocenters. The third-order valence-electron chi connectivity index (χ3n) is 4.70. The van der Waals surface area contributed by atoms with Gasteiger partial charge in [0.15, 0.2) is 16.6 Å². The summed E-state index contributed by atoms with van der Waals surface area (Å²) in [5, 5.41) is 5.36. The van der Waals surface area contributed by atoms with Crippen LogP contribution in [0.25, 0.3) is 0 Å². The summed E-state index contributed by atoms with van der Waals surface area (Å²) in [7, 11) is 3.23. The van der Waals surface area contributed by atoms with Crippen molar-refractivity contribution in [3.05, 3.63) is 52.0 Å². The molecular weight excluding hydrogens is 417 g/mol. The van der Waals surface area contributed by atoms with Gasteiger partial charge < -0.3 is 19.7 Å². The van der Waals surface area contributed by atoms with E-state index in [1.165, 1.54) is 0 Å². The van der Waals surface area contributed by atoms with Crippen LogP contribution in [0.3, 0.4) is 0 Å². The SMILES string of the molecule is COc1ccc(NC(=S)N2CCN(Cc3ccc(Cl)cc3Cl)CC2)cc1OC. The number of hydrogen-bond acceptors (Lipinski definition) is 4. The van der Waals surface area contributed by atoms with Gasteiger partial charge in [0.25, 0.3) is 0 Å². The molecule has 0 aromatic heterocycles. The Hall–Kier alpha value is -1.73. The van der Waals surface area contributed by atoms with Crippen molar-refractivity contribution in [1.29, 1.82) is 0 Å². The van der Waals surface area contributed by atoms with Crippen LogP contribution in [0.4, 0.5) is 5.69 Å². The Labute approximate surface area is 181 Å². The minimum Gasteiger partial charge on any atom is -0.493 e. The summed E-state index contributed by atoms with van der Waals surface area (Å²) in [6.45, 7) is 4.33. The van der Waals surface area contributed by atoms with E-state index in [2.05, 4.69) is 15.1 Å². The van der Waals surface area contributed by atoms with Crippen LogP contribution in [0, 0.1) is 0 Å². The molecular formula is C20H23Cl2N3O2S. The van der Waals surface area contributed by atoms with Gasteiger partial charge in [-0.15, -0.1) is 0 Å². The molecule has 1 saturated heterocycles. The monoisotopic (exact) mass is 439 g/mol. The zero-order chi connectivity index (χ0) is 20.1. The molecule has 0 aliphatic carbocycles. The lowest BCUT2D eigenvalue weighted by atomic mass is 10.2. The minimum atomic E-state index is 0.658. The van der Waals surface area contributed by atoms with Gasteiger partial charge in [-0.05, 0) is 42.0 Å². The molecule has 0 radical (unpaired) electrons. The van der Waals surface area contributed by atoms with Gasteiger partial charge in [0.1, 0.15) is 0 Å². The van der Waals surface area contributed by atoms with Crippen LogP contribution in [0.15, 0.2) is 36.4 Å². The maximum Gasteiger partial charge on any atom is 0.173 e. The Morgan fingerprint density at radius 2 is 1.71 bits per heavy atom. The van der Waals surface area contributed by atoms with Crippen LogP contribution in [-0.2, 0) is 6.54 Å². The van der Waals surface area contributed by atoms with Gasteiger partial charge in [-0.3, -0.25) is 4.90 Å². The third kappa shape index (κ3) is 5.20. The molecule has 0 unspecified atom stereocenters. The molecule has 0 saturated carbocycles. The number of rotatable bonds is 5. The van der Waals surface area contributed by atoms with E-state index in [0.717, 1.165) is 44.0 Å². The largest absolute Gasteiger partial charge is 0.493 e. The van der Waals surface area contributed by atoms with Crippen molar-refractivity contribution in [2.75, 3.05) is 45.7 Å². The first kappa shape index (κ1) is 21.0. The highest BCUT2D eigenvalue weighted by atomic mass is 35.5. The Morgan fingerprint density at radius 1 is 1.00 bits per heavy atom. The fourth-order valence-corrected chi connectivity index (χ4v) is 3.89. The van der Waals surface area contributed by atoms with Gasteiger partial charge >= 0.3 is 0 Å². The van der Waals surface area contributed by atoms with E-state index in [4.69, 9.17) is 44.9 Å². The van der Waals surface area contributed by atoms with E-state index in [9.17, 15) is 0 Å². The predicted octanol–water partition coefficient (Wildman–Crippen LogP) is 4.53. The molecule has 2 aromatic carbocycles. The zero-order valence-corrected chi connectivity index (χ0v) is 18.2. The second-order valence-electron chi connectivity index (χ2n) is 6.50. The van der Waals surface area contributed by atoms with Crippen molar-refractivity contribution < 1.29 is 9.47 Å². The van der Waals surface area contributed by atoms with E-state index in [0.29, 0.717) is 26.7 Å². The fourth-order valence-electron chi connectivity index (χ4n) is 3.12. The topological polar surface area (TPSA) is 37.0 Å². The van der Waals surface area contributed by atoms with E-state index in [1.807, 2.05) is 30.3 Å². The molecule has 8 heteroatoms. The van der Waals surface area contributed by atoms with Crippen molar-refractivity contribution in [1.82, 2.24) is 9.80 Å². The summed E-state index contributed by atoms with van der Waals surface area (Å²) in [5.41, 5.74) is 1.96. The average Bonchev–Trinajstić information content (AvgIpc) is 2.70. The molecule has 28 heavy (non-hydrogen) atoms. The molecule has 1 aliphatic rings. The number of anilines is 1. The number of thiocarbonyl (C=S) groups is 1. The minimum absolute atomic E-state index is 0.658. The number of nitrogens with one attached hydrogen (secondary N) is 1. The Morgan fingerprint density at radius 3 is 2.36 bits per heavy atom. The van der Waals surface area contributed by atoms with E-state index < -0.39 is 0 Å². The van der Waals surface area contributed by atoms with E-state index in [-0.39, 0.29) is 0 Å². The number of hydrogen-bond donors (Lipinski definition) is 1. The van der Waals surface area contributed by atoms with E-state index in [1.54, 1.807) is 20.3 Å². The molecule has 1 aliphatic heterocycles. The van der Waals surface area contributed by atoms with Gasteiger partial charge in [0, 0.05) is 54.5 Å². The van der Waals surface area contributed by atoms with Gasteiger partial charge in [-0.25, -0.2) is 0 Å². The molecule has 3 rings (SSSR count). The standard InChI is InChI=1S/C20H23Cl2N3O2S/c1-26-18-6-5-16(12-19(18)27-2)23-20(28)25-9-7-24(8-10-25)13-14-3-4-15(21)11-17(14)22/h3-6,11-12H,7-10,13H2,1-2H3,(H,23,28). The molecule has 0 amide bonds. The first-order chi connectivity index (χ1) is 13.5. The van der Waals surface area contributed by atoms with Crippen molar-refractivity contribution in [3.8, 4) is 11.5 Å². The Bertz CT molecular complexity index is 842. The summed E-state index contributed by atoms with van der Waals surface area (Å²) < 4.78 is 10.6. The van der Waals surface area contributed by atoms with Gasteiger partial charge in [0.05, 0.1) is 14.2 Å². The van der Waals surface area contributed by atoms with Crippen LogP contribution in [-0.4, -0.2) is 55.3 Å². The molecule has 1 fully saturated rings. The van der Waals surface area contributed by atoms with Crippen LogP contribution in [0.2, 0.25) is 10.0 Å². The predicted molar refractivity (Wildman–Crippen MR) is 119 cm³/mol. The van der Waals surface area contributed by atoms with Crippen molar-refractivity contribution in [2.45, 2.75) is 6.54 Å². The molecule has 1 heterocycles. The van der Waals surface area contributed by atoms with Crippen molar-refractivity contribution in [3.63, 3.8) is 0 Å². The Kier molecular flexibility index (Phi) is 7.24. The molecule has 1 N–H and O–H groups in total. The highest BCUT2D eigenvalue weighted by Crippen LogP contribution is 2.30. The molecule has 0 spiro atoms. The van der Waals surface area contributed by atoms with Crippen LogP contribution >= 0.6 is 35.4 Å². The molecule has 0 bridgehead atoms. The maximum absolute atomic E-state index is 6.29. The average molecular weight is 440 g/mol. The number of benzene rings is 2. The molecule has 2 aromatic rings. The smallest absolute Gasteiger partial charge is 0.173 e. The number of ether oxygens (including phenoxy) is 2. The molecule has 5 nitrogen and oxygen atoms in total. The normalized spacial score (nSPS) is 14.6.